The van der Waals surface area contributed by atoms with Gasteiger partial charge in [0.1, 0.15) is 0 Å². The van der Waals surface area contributed by atoms with E-state index >= 15 is 0 Å². The first-order valence-corrected chi connectivity index (χ1v) is 7.13. The number of rotatable bonds is 6. The monoisotopic (exact) mass is 261 g/mol. The third kappa shape index (κ3) is 3.89. The molecular formula is C14H19N3S. The van der Waals surface area contributed by atoms with Crippen molar-refractivity contribution < 1.29 is 0 Å². The van der Waals surface area contributed by atoms with Crippen LogP contribution in [-0.2, 0) is 6.54 Å². The first-order valence-electron chi connectivity index (χ1n) is 6.30. The first kappa shape index (κ1) is 13.2. The lowest BCUT2D eigenvalue weighted by molar-refractivity contribution is 0.426. The van der Waals surface area contributed by atoms with E-state index in [1.165, 1.54) is 17.1 Å². The summed E-state index contributed by atoms with van der Waals surface area (Å²) in [7, 11) is 0. The van der Waals surface area contributed by atoms with Gasteiger partial charge in [-0.25, -0.2) is 0 Å². The smallest absolute Gasteiger partial charge is 0.0893 e. The van der Waals surface area contributed by atoms with Gasteiger partial charge in [-0.15, -0.1) is 5.10 Å². The normalized spacial score (nSPS) is 12.8. The molecule has 2 aromatic rings. The molecular weight excluding hydrogens is 242 g/mol. The minimum atomic E-state index is 0.382. The number of nitrogens with one attached hydrogen (secondary N) is 1. The van der Waals surface area contributed by atoms with Crippen molar-refractivity contribution >= 4 is 11.5 Å². The van der Waals surface area contributed by atoms with Crippen molar-refractivity contribution in [2.75, 3.05) is 0 Å². The Labute approximate surface area is 112 Å². The van der Waals surface area contributed by atoms with E-state index in [0.717, 1.165) is 18.7 Å². The topological polar surface area (TPSA) is 37.8 Å². The van der Waals surface area contributed by atoms with E-state index < -0.39 is 0 Å². The van der Waals surface area contributed by atoms with Crippen LogP contribution in [0.2, 0.25) is 0 Å². The highest BCUT2D eigenvalue weighted by Crippen LogP contribution is 2.21. The highest BCUT2D eigenvalue weighted by molar-refractivity contribution is 7.03. The highest BCUT2D eigenvalue weighted by atomic mass is 32.1. The number of benzene rings is 1. The number of aromatic nitrogens is 2. The van der Waals surface area contributed by atoms with Crippen LogP contribution in [0.15, 0.2) is 35.7 Å². The molecule has 0 radical (unpaired) electrons. The molecule has 96 valence electrons. The van der Waals surface area contributed by atoms with Crippen molar-refractivity contribution in [3.8, 4) is 0 Å². The Balaban J connectivity index is 2.01. The van der Waals surface area contributed by atoms with E-state index in [-0.39, 0.29) is 0 Å². The van der Waals surface area contributed by atoms with E-state index in [2.05, 4.69) is 59.1 Å². The molecule has 1 heterocycles. The van der Waals surface area contributed by atoms with Crippen molar-refractivity contribution in [1.29, 1.82) is 0 Å². The minimum Gasteiger partial charge on any atom is -0.304 e. The lowest BCUT2D eigenvalue weighted by Crippen LogP contribution is -2.22. The van der Waals surface area contributed by atoms with Gasteiger partial charge in [-0.05, 0) is 29.4 Å². The summed E-state index contributed by atoms with van der Waals surface area (Å²) in [4.78, 5) is 0. The van der Waals surface area contributed by atoms with E-state index in [1.54, 1.807) is 0 Å². The number of nitrogens with zero attached hydrogens (tertiary/aromatic N) is 2. The highest BCUT2D eigenvalue weighted by Gasteiger charge is 2.13. The molecule has 18 heavy (non-hydrogen) atoms. The molecule has 0 aliphatic rings. The second-order valence-electron chi connectivity index (χ2n) is 4.87. The van der Waals surface area contributed by atoms with Crippen molar-refractivity contribution in [2.45, 2.75) is 32.9 Å². The summed E-state index contributed by atoms with van der Waals surface area (Å²) in [6, 6.07) is 11.0. The number of hydrogen-bond donors (Lipinski definition) is 1. The van der Waals surface area contributed by atoms with E-state index in [1.807, 2.05) is 5.38 Å². The van der Waals surface area contributed by atoms with Gasteiger partial charge in [0, 0.05) is 18.0 Å². The molecule has 1 atom stereocenters. The summed E-state index contributed by atoms with van der Waals surface area (Å²) in [6.45, 7) is 5.28. The minimum absolute atomic E-state index is 0.382. The molecule has 0 saturated carbocycles. The zero-order valence-corrected chi connectivity index (χ0v) is 11.7. The van der Waals surface area contributed by atoms with Crippen LogP contribution in [0.1, 0.15) is 37.6 Å². The van der Waals surface area contributed by atoms with Crippen LogP contribution in [-0.4, -0.2) is 9.59 Å². The SMILES string of the molecule is CC(C)CC(NCc1csnn1)c1ccccc1. The first-order chi connectivity index (χ1) is 8.75. The Morgan fingerprint density at radius 1 is 1.22 bits per heavy atom. The fourth-order valence-corrected chi connectivity index (χ4v) is 2.43. The maximum absolute atomic E-state index is 4.07. The van der Waals surface area contributed by atoms with Crippen molar-refractivity contribution in [2.24, 2.45) is 5.92 Å². The standard InChI is InChI=1S/C14H19N3S/c1-11(2)8-14(12-6-4-3-5-7-12)15-9-13-10-18-17-16-13/h3-7,10-11,14-15H,8-9H2,1-2H3. The molecule has 2 rings (SSSR count). The second kappa shape index (κ2) is 6.61. The molecule has 0 fully saturated rings. The third-order valence-electron chi connectivity index (χ3n) is 2.84. The zero-order valence-electron chi connectivity index (χ0n) is 10.8. The molecule has 0 spiro atoms. The Kier molecular flexibility index (Phi) is 4.84. The molecule has 1 aromatic heterocycles. The van der Waals surface area contributed by atoms with Crippen LogP contribution < -0.4 is 5.32 Å². The summed E-state index contributed by atoms with van der Waals surface area (Å²) >= 11 is 1.40. The predicted octanol–water partition coefficient (Wildman–Crippen LogP) is 3.42. The van der Waals surface area contributed by atoms with Crippen LogP contribution >= 0.6 is 11.5 Å². The van der Waals surface area contributed by atoms with Crippen LogP contribution in [0.5, 0.6) is 0 Å². The van der Waals surface area contributed by atoms with Gasteiger partial charge in [0.25, 0.3) is 0 Å². The van der Waals surface area contributed by atoms with Crippen LogP contribution in [0, 0.1) is 5.92 Å². The van der Waals surface area contributed by atoms with Gasteiger partial charge in [0.15, 0.2) is 0 Å². The quantitative estimate of drug-likeness (QED) is 0.866. The molecule has 0 aliphatic carbocycles. The van der Waals surface area contributed by atoms with E-state index in [0.29, 0.717) is 12.0 Å². The summed E-state index contributed by atoms with van der Waals surface area (Å²) in [5.74, 6) is 0.663. The third-order valence-corrected chi connectivity index (χ3v) is 3.40. The average Bonchev–Trinajstić information content (AvgIpc) is 2.88. The molecule has 3 nitrogen and oxygen atoms in total. The summed E-state index contributed by atoms with van der Waals surface area (Å²) in [6.07, 6.45) is 1.13. The van der Waals surface area contributed by atoms with Crippen molar-refractivity contribution in [1.82, 2.24) is 14.9 Å². The van der Waals surface area contributed by atoms with Crippen LogP contribution in [0.4, 0.5) is 0 Å². The van der Waals surface area contributed by atoms with Gasteiger partial charge >= 0.3 is 0 Å². The molecule has 4 heteroatoms. The van der Waals surface area contributed by atoms with Gasteiger partial charge < -0.3 is 5.32 Å². The molecule has 1 aromatic carbocycles. The molecule has 1 unspecified atom stereocenters. The lowest BCUT2D eigenvalue weighted by Gasteiger charge is -2.20. The van der Waals surface area contributed by atoms with Crippen LogP contribution in [0.25, 0.3) is 0 Å². The Bertz CT molecular complexity index is 439. The van der Waals surface area contributed by atoms with E-state index in [9.17, 15) is 0 Å². The Hall–Kier alpha value is -1.26. The van der Waals surface area contributed by atoms with Gasteiger partial charge in [-0.1, -0.05) is 48.7 Å². The lowest BCUT2D eigenvalue weighted by atomic mass is 9.97. The summed E-state index contributed by atoms with van der Waals surface area (Å²) in [5.41, 5.74) is 2.36. The summed E-state index contributed by atoms with van der Waals surface area (Å²) in [5, 5.41) is 9.63. The Morgan fingerprint density at radius 3 is 2.61 bits per heavy atom. The molecule has 0 saturated heterocycles. The van der Waals surface area contributed by atoms with Gasteiger partial charge in [-0.3, -0.25) is 0 Å². The van der Waals surface area contributed by atoms with Gasteiger partial charge in [-0.2, -0.15) is 0 Å². The maximum atomic E-state index is 4.07. The fourth-order valence-electron chi connectivity index (χ4n) is 1.98. The molecule has 1 N–H and O–H groups in total. The predicted molar refractivity (Wildman–Crippen MR) is 75.4 cm³/mol. The molecule has 0 amide bonds. The number of hydrogen-bond acceptors (Lipinski definition) is 4. The fraction of sp³-hybridized carbons (Fsp3) is 0.429. The summed E-state index contributed by atoms with van der Waals surface area (Å²) < 4.78 is 3.89. The van der Waals surface area contributed by atoms with Gasteiger partial charge in [0.05, 0.1) is 5.69 Å². The Morgan fingerprint density at radius 2 is 2.00 bits per heavy atom. The average molecular weight is 261 g/mol. The van der Waals surface area contributed by atoms with E-state index in [4.69, 9.17) is 0 Å². The second-order valence-corrected chi connectivity index (χ2v) is 5.48. The van der Waals surface area contributed by atoms with Crippen LogP contribution in [0.3, 0.4) is 0 Å². The van der Waals surface area contributed by atoms with Crippen molar-refractivity contribution in [3.05, 3.63) is 47.0 Å². The zero-order chi connectivity index (χ0) is 12.8. The van der Waals surface area contributed by atoms with Crippen molar-refractivity contribution in [3.63, 3.8) is 0 Å². The maximum Gasteiger partial charge on any atom is 0.0893 e. The molecule has 0 bridgehead atoms. The largest absolute Gasteiger partial charge is 0.304 e. The molecule has 0 aliphatic heterocycles. The van der Waals surface area contributed by atoms with Gasteiger partial charge in [0.2, 0.25) is 0 Å².